The average molecular weight is 609 g/mol. The number of nitrogens with zero attached hydrogens (tertiary/aromatic N) is 4. The predicted molar refractivity (Wildman–Crippen MR) is 149 cm³/mol. The third-order valence-corrected chi connectivity index (χ3v) is 9.28. The quantitative estimate of drug-likeness (QED) is 0.507. The van der Waals surface area contributed by atoms with E-state index in [1.165, 1.54) is 0 Å². The van der Waals surface area contributed by atoms with Gasteiger partial charge in [-0.1, -0.05) is 0 Å². The highest BCUT2D eigenvalue weighted by atomic mass is 79.9. The second-order valence-corrected chi connectivity index (χ2v) is 13.3. The Balaban J connectivity index is 1.33. The van der Waals surface area contributed by atoms with Crippen LogP contribution in [-0.2, 0) is 4.74 Å². The average Bonchev–Trinajstić information content (AvgIpc) is 3.46. The van der Waals surface area contributed by atoms with Crippen molar-refractivity contribution in [1.29, 1.82) is 0 Å². The molecule has 5 heterocycles. The smallest absolute Gasteiger partial charge is 0.410 e. The lowest BCUT2D eigenvalue weighted by molar-refractivity contribution is 0.0123. The maximum Gasteiger partial charge on any atom is 0.410 e. The van der Waals surface area contributed by atoms with Gasteiger partial charge in [-0.25, -0.2) is 18.6 Å². The third-order valence-electron chi connectivity index (χ3n) is 8.66. The van der Waals surface area contributed by atoms with Gasteiger partial charge in [0.05, 0.1) is 27.8 Å². The van der Waals surface area contributed by atoms with Crippen molar-refractivity contribution in [3.8, 4) is 5.88 Å². The van der Waals surface area contributed by atoms with Gasteiger partial charge < -0.3 is 20.1 Å². The van der Waals surface area contributed by atoms with Crippen LogP contribution in [0.4, 0.5) is 25.0 Å². The molecule has 0 unspecified atom stereocenters. The topological polar surface area (TPSA) is 84.2 Å². The molecule has 1 aromatic carbocycles. The number of halogens is 3. The Morgan fingerprint density at radius 2 is 1.95 bits per heavy atom. The van der Waals surface area contributed by atoms with E-state index in [-0.39, 0.29) is 41.7 Å². The molecule has 2 aromatic rings. The summed E-state index contributed by atoms with van der Waals surface area (Å²) in [5.74, 6) is -0.320. The van der Waals surface area contributed by atoms with Crippen molar-refractivity contribution in [3.05, 3.63) is 22.4 Å². The fourth-order valence-corrected chi connectivity index (χ4v) is 7.37. The molecule has 4 saturated heterocycles. The lowest BCUT2D eigenvalue weighted by Gasteiger charge is -2.43. The van der Waals surface area contributed by atoms with Gasteiger partial charge in [0.1, 0.15) is 29.6 Å². The molecule has 4 aliphatic heterocycles. The van der Waals surface area contributed by atoms with E-state index in [0.717, 1.165) is 32.2 Å². The van der Waals surface area contributed by atoms with Crippen LogP contribution in [0.1, 0.15) is 52.9 Å². The number of amides is 1. The fourth-order valence-electron chi connectivity index (χ4n) is 7.05. The highest BCUT2D eigenvalue weighted by Crippen LogP contribution is 2.45. The lowest BCUT2D eigenvalue weighted by Crippen LogP contribution is -2.57. The number of nitrogens with two attached hydrogens (primary N) is 1. The van der Waals surface area contributed by atoms with Crippen molar-refractivity contribution in [3.63, 3.8) is 0 Å². The molecule has 4 atom stereocenters. The number of rotatable bonds is 4. The van der Waals surface area contributed by atoms with Crippen LogP contribution in [0.2, 0.25) is 0 Å². The van der Waals surface area contributed by atoms with E-state index in [9.17, 15) is 9.18 Å². The Morgan fingerprint density at radius 3 is 2.64 bits per heavy atom. The molecule has 1 amide bonds. The molecule has 0 aliphatic carbocycles. The summed E-state index contributed by atoms with van der Waals surface area (Å²) in [6.07, 6.45) is 2.80. The summed E-state index contributed by atoms with van der Waals surface area (Å²) >= 11 is 3.29. The number of aromatic nitrogens is 1. The normalized spacial score (nSPS) is 28.8. The number of nitrogen functional groups attached to an aromatic ring is 1. The minimum absolute atomic E-state index is 0.0446. The van der Waals surface area contributed by atoms with Crippen LogP contribution in [0.15, 0.2) is 16.6 Å². The lowest BCUT2D eigenvalue weighted by atomic mass is 9.95. The molecule has 8 nitrogen and oxygen atoms in total. The molecule has 39 heavy (non-hydrogen) atoms. The molecule has 4 fully saturated rings. The van der Waals surface area contributed by atoms with E-state index in [0.29, 0.717) is 47.3 Å². The number of benzene rings is 1. The summed E-state index contributed by atoms with van der Waals surface area (Å²) < 4.78 is 42.0. The fraction of sp³-hybridized carbons (Fsp3) is 0.643. The minimum Gasteiger partial charge on any atom is -0.474 e. The Morgan fingerprint density at radius 1 is 1.23 bits per heavy atom. The number of hydrogen-bond donors (Lipinski definition) is 1. The van der Waals surface area contributed by atoms with E-state index in [1.54, 1.807) is 6.07 Å². The molecule has 2 N–H and O–H groups in total. The second kappa shape index (κ2) is 9.61. The van der Waals surface area contributed by atoms with Gasteiger partial charge in [0.15, 0.2) is 5.82 Å². The Bertz CT molecular complexity index is 1290. The molecule has 11 heteroatoms. The zero-order chi connectivity index (χ0) is 27.7. The Hall–Kier alpha value is -2.40. The molecule has 1 aromatic heterocycles. The second-order valence-electron chi connectivity index (χ2n) is 12.5. The molecule has 6 rings (SSSR count). The maximum absolute atomic E-state index is 15.4. The SMILES string of the molecule is CC(C)(C)OC(=O)N1[C@@H]2CC[C@H]1CN(c1c(N)c(OC[C@@]34CCCN3C[C@H](F)C4)nc3c(F)c(Br)ccc13)C2. The number of ether oxygens (including phenoxy) is 2. The van der Waals surface area contributed by atoms with Gasteiger partial charge in [0, 0.05) is 31.4 Å². The number of alkyl halides is 1. The van der Waals surface area contributed by atoms with Crippen molar-refractivity contribution in [2.24, 2.45) is 0 Å². The number of piperazine rings is 1. The number of pyridine rings is 1. The molecule has 0 spiro atoms. The predicted octanol–water partition coefficient (Wildman–Crippen LogP) is 5.26. The van der Waals surface area contributed by atoms with E-state index >= 15 is 4.39 Å². The third kappa shape index (κ3) is 4.69. The van der Waals surface area contributed by atoms with Crippen molar-refractivity contribution in [2.75, 3.05) is 43.4 Å². The van der Waals surface area contributed by atoms with Gasteiger partial charge in [-0.15, -0.1) is 0 Å². The summed E-state index contributed by atoms with van der Waals surface area (Å²) in [5, 5.41) is 0.594. The van der Waals surface area contributed by atoms with Crippen LogP contribution < -0.4 is 15.4 Å². The van der Waals surface area contributed by atoms with Crippen molar-refractivity contribution >= 4 is 44.3 Å². The van der Waals surface area contributed by atoms with E-state index < -0.39 is 17.6 Å². The number of carbonyl (C=O) groups excluding carboxylic acids is 1. The monoisotopic (exact) mass is 607 g/mol. The first-order chi connectivity index (χ1) is 18.5. The first-order valence-corrected chi connectivity index (χ1v) is 14.6. The van der Waals surface area contributed by atoms with Crippen LogP contribution in [-0.4, -0.2) is 83.1 Å². The molecule has 2 bridgehead atoms. The zero-order valence-electron chi connectivity index (χ0n) is 22.7. The van der Waals surface area contributed by atoms with Gasteiger partial charge in [0.25, 0.3) is 0 Å². The number of anilines is 2. The number of hydrogen-bond acceptors (Lipinski definition) is 7. The Labute approximate surface area is 235 Å². The van der Waals surface area contributed by atoms with Gasteiger partial charge in [-0.3, -0.25) is 9.80 Å². The standard InChI is InChI=1S/C28H36BrF2N5O3/c1-27(2,3)39-26(37)36-17-5-6-18(36)14-34(13-17)24-19-7-8-20(29)21(31)23(19)33-25(22(24)32)38-15-28-9-4-10-35(28)12-16(30)11-28/h7-8,16-18H,4-6,9-15,32H2,1-3H3/t16-,17-,18+,28+/m1/s1. The molecule has 4 aliphatic rings. The van der Waals surface area contributed by atoms with E-state index in [4.69, 9.17) is 15.2 Å². The maximum atomic E-state index is 15.4. The number of fused-ring (bicyclic) bond motifs is 4. The summed E-state index contributed by atoms with van der Waals surface area (Å²) in [6.45, 7) is 8.20. The first kappa shape index (κ1) is 26.8. The van der Waals surface area contributed by atoms with E-state index in [1.807, 2.05) is 31.7 Å². The molecule has 0 saturated carbocycles. The van der Waals surface area contributed by atoms with Crippen LogP contribution in [0.5, 0.6) is 5.88 Å². The van der Waals surface area contributed by atoms with Crippen molar-refractivity contribution < 1.29 is 23.0 Å². The summed E-state index contributed by atoms with van der Waals surface area (Å²) in [6, 6.07) is 3.38. The van der Waals surface area contributed by atoms with Crippen LogP contribution >= 0.6 is 15.9 Å². The van der Waals surface area contributed by atoms with E-state index in [2.05, 4.69) is 30.7 Å². The van der Waals surface area contributed by atoms with Gasteiger partial charge in [-0.05, 0) is 81.1 Å². The largest absolute Gasteiger partial charge is 0.474 e. The van der Waals surface area contributed by atoms with Crippen LogP contribution in [0, 0.1) is 5.82 Å². The van der Waals surface area contributed by atoms with Crippen molar-refractivity contribution in [1.82, 2.24) is 14.8 Å². The molecule has 212 valence electrons. The number of carbonyl (C=O) groups is 1. The molecule has 0 radical (unpaired) electrons. The first-order valence-electron chi connectivity index (χ1n) is 13.8. The minimum atomic E-state index is -0.878. The summed E-state index contributed by atoms with van der Waals surface area (Å²) in [7, 11) is 0. The highest BCUT2D eigenvalue weighted by Gasteiger charge is 2.50. The van der Waals surface area contributed by atoms with Crippen LogP contribution in [0.3, 0.4) is 0 Å². The van der Waals surface area contributed by atoms with Gasteiger partial charge in [0.2, 0.25) is 5.88 Å². The highest BCUT2D eigenvalue weighted by molar-refractivity contribution is 9.10. The van der Waals surface area contributed by atoms with Crippen LogP contribution in [0.25, 0.3) is 10.9 Å². The zero-order valence-corrected chi connectivity index (χ0v) is 24.3. The molecular weight excluding hydrogens is 572 g/mol. The molecular formula is C28H36BrF2N5O3. The Kier molecular flexibility index (Phi) is 6.60. The van der Waals surface area contributed by atoms with Gasteiger partial charge in [-0.2, -0.15) is 0 Å². The van der Waals surface area contributed by atoms with Gasteiger partial charge >= 0.3 is 6.09 Å². The summed E-state index contributed by atoms with van der Waals surface area (Å²) in [4.78, 5) is 23.7. The van der Waals surface area contributed by atoms with Crippen molar-refractivity contribution in [2.45, 2.75) is 82.3 Å². The summed E-state index contributed by atoms with van der Waals surface area (Å²) in [5.41, 5.74) is 6.96.